The molecule has 0 aromatic heterocycles. The lowest BCUT2D eigenvalue weighted by atomic mass is 10.1. The first-order valence-corrected chi connectivity index (χ1v) is 6.20. The van der Waals surface area contributed by atoms with Crippen LogP contribution in [0.3, 0.4) is 0 Å². The third-order valence-corrected chi connectivity index (χ3v) is 3.02. The summed E-state index contributed by atoms with van der Waals surface area (Å²) < 4.78 is 5.44. The van der Waals surface area contributed by atoms with Gasteiger partial charge in [-0.05, 0) is 31.7 Å². The standard InChI is InChI=1S/C14H19NO2/c1-11-5-4-6-12(9-11)10-15-14(16)13-7-2-3-8-17-13/h4-6,9,13H,2-3,7-8,10H2,1H3,(H,15,16). The Labute approximate surface area is 102 Å². The number of rotatable bonds is 3. The molecule has 92 valence electrons. The average Bonchev–Trinajstić information content (AvgIpc) is 2.37. The third kappa shape index (κ3) is 3.56. The minimum atomic E-state index is -0.242. The second kappa shape index (κ2) is 5.82. The predicted molar refractivity (Wildman–Crippen MR) is 66.6 cm³/mol. The van der Waals surface area contributed by atoms with Crippen molar-refractivity contribution in [2.45, 2.75) is 38.8 Å². The van der Waals surface area contributed by atoms with Crippen molar-refractivity contribution in [2.24, 2.45) is 0 Å². The van der Waals surface area contributed by atoms with Crippen LogP contribution in [0.4, 0.5) is 0 Å². The van der Waals surface area contributed by atoms with E-state index in [1.54, 1.807) is 0 Å². The van der Waals surface area contributed by atoms with Gasteiger partial charge in [0.1, 0.15) is 6.10 Å². The van der Waals surface area contributed by atoms with Gasteiger partial charge < -0.3 is 10.1 Å². The predicted octanol–water partition coefficient (Wildman–Crippen LogP) is 2.18. The second-order valence-corrected chi connectivity index (χ2v) is 4.56. The molecule has 3 nitrogen and oxygen atoms in total. The topological polar surface area (TPSA) is 38.3 Å². The summed E-state index contributed by atoms with van der Waals surface area (Å²) in [7, 11) is 0. The molecule has 0 aliphatic carbocycles. The van der Waals surface area contributed by atoms with E-state index in [9.17, 15) is 4.79 Å². The molecule has 0 saturated carbocycles. The molecule has 1 saturated heterocycles. The fourth-order valence-electron chi connectivity index (χ4n) is 2.07. The molecular formula is C14H19NO2. The van der Waals surface area contributed by atoms with Crippen LogP contribution in [-0.2, 0) is 16.1 Å². The van der Waals surface area contributed by atoms with Gasteiger partial charge in [0.05, 0.1) is 0 Å². The van der Waals surface area contributed by atoms with Crippen molar-refractivity contribution in [1.29, 1.82) is 0 Å². The van der Waals surface area contributed by atoms with E-state index in [-0.39, 0.29) is 12.0 Å². The first-order chi connectivity index (χ1) is 8.25. The van der Waals surface area contributed by atoms with Crippen LogP contribution in [0.5, 0.6) is 0 Å². The van der Waals surface area contributed by atoms with E-state index in [4.69, 9.17) is 4.74 Å². The van der Waals surface area contributed by atoms with Crippen LogP contribution in [0, 0.1) is 6.92 Å². The monoisotopic (exact) mass is 233 g/mol. The molecule has 1 unspecified atom stereocenters. The van der Waals surface area contributed by atoms with Gasteiger partial charge in [0, 0.05) is 13.2 Å². The zero-order valence-corrected chi connectivity index (χ0v) is 10.2. The lowest BCUT2D eigenvalue weighted by Crippen LogP contribution is -2.37. The van der Waals surface area contributed by atoms with Crippen molar-refractivity contribution in [3.8, 4) is 0 Å². The summed E-state index contributed by atoms with van der Waals surface area (Å²) in [4.78, 5) is 11.8. The highest BCUT2D eigenvalue weighted by atomic mass is 16.5. The van der Waals surface area contributed by atoms with Crippen LogP contribution in [-0.4, -0.2) is 18.6 Å². The smallest absolute Gasteiger partial charge is 0.249 e. The molecule has 0 bridgehead atoms. The first kappa shape index (κ1) is 12.1. The molecule has 17 heavy (non-hydrogen) atoms. The highest BCUT2D eigenvalue weighted by Gasteiger charge is 2.21. The van der Waals surface area contributed by atoms with E-state index in [0.717, 1.165) is 24.8 Å². The third-order valence-electron chi connectivity index (χ3n) is 3.02. The van der Waals surface area contributed by atoms with Crippen molar-refractivity contribution in [3.05, 3.63) is 35.4 Å². The molecule has 2 rings (SSSR count). The van der Waals surface area contributed by atoms with E-state index >= 15 is 0 Å². The molecular weight excluding hydrogens is 214 g/mol. The largest absolute Gasteiger partial charge is 0.368 e. The number of ether oxygens (including phenoxy) is 1. The van der Waals surface area contributed by atoms with Gasteiger partial charge in [0.15, 0.2) is 0 Å². The van der Waals surface area contributed by atoms with Crippen molar-refractivity contribution in [2.75, 3.05) is 6.61 Å². The van der Waals surface area contributed by atoms with Gasteiger partial charge in [-0.25, -0.2) is 0 Å². The Morgan fingerprint density at radius 3 is 3.06 bits per heavy atom. The zero-order chi connectivity index (χ0) is 12.1. The highest BCUT2D eigenvalue weighted by Crippen LogP contribution is 2.13. The van der Waals surface area contributed by atoms with Crippen molar-refractivity contribution in [1.82, 2.24) is 5.32 Å². The van der Waals surface area contributed by atoms with Gasteiger partial charge in [-0.3, -0.25) is 4.79 Å². The molecule has 1 fully saturated rings. The van der Waals surface area contributed by atoms with Crippen molar-refractivity contribution >= 4 is 5.91 Å². The molecule has 0 radical (unpaired) electrons. The maximum atomic E-state index is 11.8. The quantitative estimate of drug-likeness (QED) is 0.869. The second-order valence-electron chi connectivity index (χ2n) is 4.56. The van der Waals surface area contributed by atoms with Crippen LogP contribution in [0.25, 0.3) is 0 Å². The number of nitrogens with one attached hydrogen (secondary N) is 1. The van der Waals surface area contributed by atoms with E-state index < -0.39 is 0 Å². The van der Waals surface area contributed by atoms with E-state index in [1.165, 1.54) is 5.56 Å². The fraction of sp³-hybridized carbons (Fsp3) is 0.500. The van der Waals surface area contributed by atoms with Crippen LogP contribution < -0.4 is 5.32 Å². The van der Waals surface area contributed by atoms with Gasteiger partial charge in [-0.2, -0.15) is 0 Å². The molecule has 1 amide bonds. The summed E-state index contributed by atoms with van der Waals surface area (Å²) in [5.74, 6) is 0.0196. The normalized spacial score (nSPS) is 19.9. The average molecular weight is 233 g/mol. The number of carbonyl (C=O) groups is 1. The minimum Gasteiger partial charge on any atom is -0.368 e. The molecule has 1 aromatic carbocycles. The Morgan fingerprint density at radius 1 is 1.47 bits per heavy atom. The number of aryl methyl sites for hydroxylation is 1. The Bertz CT molecular complexity index is 384. The van der Waals surface area contributed by atoms with Gasteiger partial charge in [0.25, 0.3) is 0 Å². The molecule has 1 atom stereocenters. The van der Waals surface area contributed by atoms with Gasteiger partial charge in [-0.1, -0.05) is 29.8 Å². The molecule has 1 aliphatic rings. The molecule has 1 N–H and O–H groups in total. The number of benzene rings is 1. The summed E-state index contributed by atoms with van der Waals surface area (Å²) >= 11 is 0. The number of amides is 1. The summed E-state index contributed by atoms with van der Waals surface area (Å²) in [6.07, 6.45) is 2.76. The van der Waals surface area contributed by atoms with E-state index in [0.29, 0.717) is 13.2 Å². The number of hydrogen-bond donors (Lipinski definition) is 1. The Balaban J connectivity index is 1.83. The highest BCUT2D eigenvalue weighted by molar-refractivity contribution is 5.80. The Kier molecular flexibility index (Phi) is 4.15. The molecule has 3 heteroatoms. The minimum absolute atomic E-state index is 0.0196. The summed E-state index contributed by atoms with van der Waals surface area (Å²) in [5, 5.41) is 2.93. The summed E-state index contributed by atoms with van der Waals surface area (Å²) in [6, 6.07) is 8.17. The van der Waals surface area contributed by atoms with E-state index in [1.807, 2.05) is 12.1 Å². The SMILES string of the molecule is Cc1cccc(CNC(=O)C2CCCCO2)c1. The molecule has 0 spiro atoms. The van der Waals surface area contributed by atoms with Crippen molar-refractivity contribution < 1.29 is 9.53 Å². The van der Waals surface area contributed by atoms with Gasteiger partial charge >= 0.3 is 0 Å². The fourth-order valence-corrected chi connectivity index (χ4v) is 2.07. The van der Waals surface area contributed by atoms with Crippen molar-refractivity contribution in [3.63, 3.8) is 0 Å². The van der Waals surface area contributed by atoms with Gasteiger partial charge in [-0.15, -0.1) is 0 Å². The Morgan fingerprint density at radius 2 is 2.35 bits per heavy atom. The molecule has 1 aliphatic heterocycles. The van der Waals surface area contributed by atoms with E-state index in [2.05, 4.69) is 24.4 Å². The summed E-state index contributed by atoms with van der Waals surface area (Å²) in [6.45, 7) is 3.35. The molecule has 1 heterocycles. The maximum absolute atomic E-state index is 11.8. The van der Waals surface area contributed by atoms with Crippen LogP contribution in [0.1, 0.15) is 30.4 Å². The van der Waals surface area contributed by atoms with Crippen LogP contribution in [0.15, 0.2) is 24.3 Å². The lowest BCUT2D eigenvalue weighted by Gasteiger charge is -2.21. The van der Waals surface area contributed by atoms with Gasteiger partial charge in [0.2, 0.25) is 5.91 Å². The zero-order valence-electron chi connectivity index (χ0n) is 10.2. The Hall–Kier alpha value is -1.35. The van der Waals surface area contributed by atoms with Crippen LogP contribution >= 0.6 is 0 Å². The summed E-state index contributed by atoms with van der Waals surface area (Å²) in [5.41, 5.74) is 2.35. The first-order valence-electron chi connectivity index (χ1n) is 6.20. The number of carbonyl (C=O) groups excluding carboxylic acids is 1. The number of hydrogen-bond acceptors (Lipinski definition) is 2. The molecule has 1 aromatic rings. The lowest BCUT2D eigenvalue weighted by molar-refractivity contribution is -0.135. The van der Waals surface area contributed by atoms with Crippen LogP contribution in [0.2, 0.25) is 0 Å². The maximum Gasteiger partial charge on any atom is 0.249 e.